The molecular weight excluding hydrogens is 212 g/mol. The predicted molar refractivity (Wildman–Crippen MR) is 62.8 cm³/mol. The molecule has 0 bridgehead atoms. The number of nitrogens with zero attached hydrogens (tertiary/aromatic N) is 1. The van der Waals surface area contributed by atoms with Crippen LogP contribution in [0.2, 0.25) is 0 Å². The molecule has 0 aliphatic carbocycles. The third-order valence-electron chi connectivity index (χ3n) is 1.72. The summed E-state index contributed by atoms with van der Waals surface area (Å²) >= 11 is 1.68. The van der Waals surface area contributed by atoms with Crippen LogP contribution in [0.4, 0.5) is 5.82 Å². The lowest BCUT2D eigenvalue weighted by molar-refractivity contribution is 0.0951. The zero-order chi connectivity index (χ0) is 11.1. The number of hydrogen-bond donors (Lipinski definition) is 3. The van der Waals surface area contributed by atoms with Crippen molar-refractivity contribution in [3.05, 3.63) is 23.9 Å². The maximum Gasteiger partial charge on any atom is 0.269 e. The summed E-state index contributed by atoms with van der Waals surface area (Å²) in [4.78, 5) is 15.6. The molecule has 1 aromatic heterocycles. The lowest BCUT2D eigenvalue weighted by Gasteiger charge is -2.04. The molecule has 0 aliphatic rings. The van der Waals surface area contributed by atoms with Crippen LogP contribution in [0.3, 0.4) is 0 Å². The second-order valence-electron chi connectivity index (χ2n) is 2.80. The highest BCUT2D eigenvalue weighted by atomic mass is 32.2. The van der Waals surface area contributed by atoms with Crippen LogP contribution in [0.15, 0.2) is 18.2 Å². The van der Waals surface area contributed by atoms with Crippen LogP contribution in [0.5, 0.6) is 0 Å². The number of anilines is 1. The van der Waals surface area contributed by atoms with Crippen LogP contribution in [0, 0.1) is 0 Å². The van der Waals surface area contributed by atoms with Crippen LogP contribution >= 0.6 is 11.8 Å². The molecule has 82 valence electrons. The molecular formula is C9H14N4OS. The van der Waals surface area contributed by atoms with Crippen molar-refractivity contribution in [2.75, 3.05) is 24.0 Å². The molecule has 0 spiro atoms. The van der Waals surface area contributed by atoms with Gasteiger partial charge in [-0.3, -0.25) is 4.79 Å². The van der Waals surface area contributed by atoms with E-state index >= 15 is 0 Å². The van der Waals surface area contributed by atoms with E-state index in [1.165, 1.54) is 0 Å². The molecule has 1 amide bonds. The number of carbonyl (C=O) groups excluding carboxylic acids is 1. The Bertz CT molecular complexity index is 332. The first kappa shape index (κ1) is 11.8. The summed E-state index contributed by atoms with van der Waals surface area (Å²) in [5.74, 6) is 6.38. The minimum absolute atomic E-state index is 0.179. The average Bonchev–Trinajstić information content (AvgIpc) is 2.29. The van der Waals surface area contributed by atoms with Crippen LogP contribution in [0.1, 0.15) is 10.5 Å². The first-order chi connectivity index (χ1) is 7.27. The molecule has 6 heteroatoms. The second kappa shape index (κ2) is 6.26. The molecule has 15 heavy (non-hydrogen) atoms. The second-order valence-corrected chi connectivity index (χ2v) is 3.79. The van der Waals surface area contributed by atoms with Gasteiger partial charge in [-0.1, -0.05) is 6.07 Å². The maximum absolute atomic E-state index is 11.5. The van der Waals surface area contributed by atoms with Crippen molar-refractivity contribution in [3.8, 4) is 0 Å². The molecule has 1 aromatic rings. The van der Waals surface area contributed by atoms with Crippen LogP contribution < -0.4 is 16.6 Å². The van der Waals surface area contributed by atoms with Crippen LogP contribution in [-0.2, 0) is 0 Å². The zero-order valence-electron chi connectivity index (χ0n) is 8.49. The molecule has 1 heterocycles. The largest absolute Gasteiger partial charge is 0.350 e. The monoisotopic (exact) mass is 226 g/mol. The number of pyridine rings is 1. The van der Waals surface area contributed by atoms with Crippen molar-refractivity contribution < 1.29 is 4.79 Å². The van der Waals surface area contributed by atoms with E-state index in [2.05, 4.69) is 15.7 Å². The van der Waals surface area contributed by atoms with Gasteiger partial charge in [0.05, 0.1) is 0 Å². The normalized spacial score (nSPS) is 9.73. The number of aromatic nitrogens is 1. The molecule has 0 fully saturated rings. The Hall–Kier alpha value is -1.27. The maximum atomic E-state index is 11.5. The lowest BCUT2D eigenvalue weighted by atomic mass is 10.3. The summed E-state index contributed by atoms with van der Waals surface area (Å²) in [6.45, 7) is 0.641. The van der Waals surface area contributed by atoms with Gasteiger partial charge in [-0.15, -0.1) is 0 Å². The number of nitrogen functional groups attached to an aromatic ring is 1. The fourth-order valence-electron chi connectivity index (χ4n) is 0.999. The summed E-state index contributed by atoms with van der Waals surface area (Å²) in [6.07, 6.45) is 1.99. The highest BCUT2D eigenvalue weighted by molar-refractivity contribution is 7.98. The molecule has 0 aromatic carbocycles. The summed E-state index contributed by atoms with van der Waals surface area (Å²) in [5, 5.41) is 2.76. The minimum Gasteiger partial charge on any atom is -0.350 e. The molecule has 0 atom stereocenters. The average molecular weight is 226 g/mol. The number of nitrogens with two attached hydrogens (primary N) is 1. The Morgan fingerprint density at radius 3 is 3.07 bits per heavy atom. The number of carbonyl (C=O) groups is 1. The highest BCUT2D eigenvalue weighted by Gasteiger charge is 2.06. The fraction of sp³-hybridized carbons (Fsp3) is 0.333. The van der Waals surface area contributed by atoms with Crippen LogP contribution in [0.25, 0.3) is 0 Å². The van der Waals surface area contributed by atoms with Crippen molar-refractivity contribution in [1.82, 2.24) is 10.3 Å². The van der Waals surface area contributed by atoms with Gasteiger partial charge in [0.15, 0.2) is 0 Å². The van der Waals surface area contributed by atoms with Gasteiger partial charge < -0.3 is 10.7 Å². The van der Waals surface area contributed by atoms with Gasteiger partial charge in [0.2, 0.25) is 0 Å². The highest BCUT2D eigenvalue weighted by Crippen LogP contribution is 2.02. The van der Waals surface area contributed by atoms with Crippen molar-refractivity contribution in [3.63, 3.8) is 0 Å². The van der Waals surface area contributed by atoms with Gasteiger partial charge in [0, 0.05) is 12.3 Å². The Balaban J connectivity index is 2.57. The number of amides is 1. The quantitative estimate of drug-likeness (QED) is 0.386. The van der Waals surface area contributed by atoms with Gasteiger partial charge in [-0.05, 0) is 18.4 Å². The number of hydrazine groups is 1. The SMILES string of the molecule is CSCCNC(=O)c1cccc(NN)n1. The van der Waals surface area contributed by atoms with Gasteiger partial charge in [0.1, 0.15) is 11.5 Å². The topological polar surface area (TPSA) is 80.0 Å². The first-order valence-corrected chi connectivity index (χ1v) is 5.88. The van der Waals surface area contributed by atoms with Gasteiger partial charge in [0.25, 0.3) is 5.91 Å². The molecule has 0 unspecified atom stereocenters. The summed E-state index contributed by atoms with van der Waals surface area (Å²) in [7, 11) is 0. The van der Waals surface area contributed by atoms with E-state index in [4.69, 9.17) is 5.84 Å². The molecule has 0 saturated carbocycles. The van der Waals surface area contributed by atoms with Crippen molar-refractivity contribution >= 4 is 23.5 Å². The van der Waals surface area contributed by atoms with Gasteiger partial charge in [-0.2, -0.15) is 11.8 Å². The molecule has 0 radical (unpaired) electrons. The number of nitrogens with one attached hydrogen (secondary N) is 2. The van der Waals surface area contributed by atoms with E-state index in [9.17, 15) is 4.79 Å². The molecule has 4 N–H and O–H groups in total. The van der Waals surface area contributed by atoms with Crippen LogP contribution in [-0.4, -0.2) is 29.4 Å². The lowest BCUT2D eigenvalue weighted by Crippen LogP contribution is -2.26. The standard InChI is InChI=1S/C9H14N4OS/c1-15-6-5-11-9(14)7-3-2-4-8(12-7)13-10/h2-4H,5-6,10H2,1H3,(H,11,14)(H,12,13). The van der Waals surface area contributed by atoms with Crippen molar-refractivity contribution in [1.29, 1.82) is 0 Å². The van der Waals surface area contributed by atoms with E-state index in [1.54, 1.807) is 30.0 Å². The van der Waals surface area contributed by atoms with E-state index in [1.807, 2.05) is 6.26 Å². The molecule has 1 rings (SSSR count). The van der Waals surface area contributed by atoms with Gasteiger partial charge >= 0.3 is 0 Å². The van der Waals surface area contributed by atoms with E-state index in [0.717, 1.165) is 5.75 Å². The summed E-state index contributed by atoms with van der Waals surface area (Å²) in [5.41, 5.74) is 2.76. The number of rotatable bonds is 5. The Kier molecular flexibility index (Phi) is 4.92. The molecule has 0 saturated heterocycles. The Labute approximate surface area is 92.8 Å². The Morgan fingerprint density at radius 2 is 2.40 bits per heavy atom. The fourth-order valence-corrected chi connectivity index (χ4v) is 1.30. The predicted octanol–water partition coefficient (Wildman–Crippen LogP) is 0.460. The summed E-state index contributed by atoms with van der Waals surface area (Å²) in [6, 6.07) is 5.07. The first-order valence-electron chi connectivity index (χ1n) is 4.48. The zero-order valence-corrected chi connectivity index (χ0v) is 9.30. The van der Waals surface area contributed by atoms with E-state index < -0.39 is 0 Å². The summed E-state index contributed by atoms with van der Waals surface area (Å²) < 4.78 is 0. The Morgan fingerprint density at radius 1 is 1.60 bits per heavy atom. The third-order valence-corrected chi connectivity index (χ3v) is 2.33. The molecule has 0 aliphatic heterocycles. The number of thioether (sulfide) groups is 1. The smallest absolute Gasteiger partial charge is 0.269 e. The molecule has 5 nitrogen and oxygen atoms in total. The minimum atomic E-state index is -0.179. The van der Waals surface area contributed by atoms with E-state index in [-0.39, 0.29) is 5.91 Å². The van der Waals surface area contributed by atoms with E-state index in [0.29, 0.717) is 18.1 Å². The van der Waals surface area contributed by atoms with Crippen molar-refractivity contribution in [2.45, 2.75) is 0 Å². The van der Waals surface area contributed by atoms with Crippen molar-refractivity contribution in [2.24, 2.45) is 5.84 Å². The number of hydrogen-bond acceptors (Lipinski definition) is 5. The van der Waals surface area contributed by atoms with Gasteiger partial charge in [-0.25, -0.2) is 10.8 Å². The third kappa shape index (κ3) is 3.77.